The van der Waals surface area contributed by atoms with E-state index in [0.29, 0.717) is 37.2 Å². The van der Waals surface area contributed by atoms with Crippen LogP contribution >= 0.6 is 0 Å². The van der Waals surface area contributed by atoms with Gasteiger partial charge in [0.15, 0.2) is 0 Å². The van der Waals surface area contributed by atoms with Gasteiger partial charge in [-0.15, -0.1) is 0 Å². The van der Waals surface area contributed by atoms with Crippen molar-refractivity contribution in [1.82, 2.24) is 14.7 Å². The average Bonchev–Trinajstić information content (AvgIpc) is 3.25. The topological polar surface area (TPSA) is 57.0 Å². The van der Waals surface area contributed by atoms with Gasteiger partial charge in [0.2, 0.25) is 5.91 Å². The second-order valence-corrected chi connectivity index (χ2v) is 7.25. The highest BCUT2D eigenvalue weighted by Gasteiger charge is 2.34. The first-order valence-corrected chi connectivity index (χ1v) is 8.88. The molecule has 6 heteroatoms. The van der Waals surface area contributed by atoms with Gasteiger partial charge < -0.3 is 14.2 Å². The number of hydrogen-bond donors (Lipinski definition) is 0. The van der Waals surface area contributed by atoms with Gasteiger partial charge in [-0.05, 0) is 24.8 Å². The summed E-state index contributed by atoms with van der Waals surface area (Å²) in [5, 5.41) is 0. The summed E-state index contributed by atoms with van der Waals surface area (Å²) in [6.45, 7) is 8.44. The van der Waals surface area contributed by atoms with Crippen molar-refractivity contribution in [2.75, 3.05) is 39.3 Å². The Hall–Kier alpha value is -1.82. The van der Waals surface area contributed by atoms with Gasteiger partial charge in [0.25, 0.3) is 5.91 Å². The second kappa shape index (κ2) is 7.38. The third-order valence-corrected chi connectivity index (χ3v) is 4.66. The highest BCUT2D eigenvalue weighted by atomic mass is 16.3. The molecule has 0 spiro atoms. The molecule has 0 radical (unpaired) electrons. The molecule has 6 nitrogen and oxygen atoms in total. The highest BCUT2D eigenvalue weighted by molar-refractivity contribution is 5.93. The first-order chi connectivity index (χ1) is 11.5. The molecule has 2 fully saturated rings. The molecule has 1 aromatic rings. The number of carbonyl (C=O) groups excluding carboxylic acids is 2. The van der Waals surface area contributed by atoms with Crippen molar-refractivity contribution in [1.29, 1.82) is 0 Å². The van der Waals surface area contributed by atoms with E-state index in [9.17, 15) is 9.59 Å². The lowest BCUT2D eigenvalue weighted by atomic mass is 10.2. The van der Waals surface area contributed by atoms with Crippen LogP contribution in [0.1, 0.15) is 37.0 Å². The summed E-state index contributed by atoms with van der Waals surface area (Å²) < 4.78 is 4.98. The van der Waals surface area contributed by atoms with Gasteiger partial charge in [0.1, 0.15) is 6.26 Å². The molecule has 0 aromatic carbocycles. The summed E-state index contributed by atoms with van der Waals surface area (Å²) in [5.41, 5.74) is 0.594. The number of amides is 2. The molecule has 1 aliphatic carbocycles. The van der Waals surface area contributed by atoms with Crippen molar-refractivity contribution in [3.8, 4) is 0 Å². The molecule has 2 heterocycles. The Labute approximate surface area is 143 Å². The van der Waals surface area contributed by atoms with Crippen LogP contribution in [-0.2, 0) is 4.79 Å². The molecule has 0 atom stereocenters. The van der Waals surface area contributed by atoms with Gasteiger partial charge in [-0.3, -0.25) is 14.5 Å². The van der Waals surface area contributed by atoms with Crippen LogP contribution in [-0.4, -0.2) is 71.8 Å². The quantitative estimate of drug-likeness (QED) is 0.795. The smallest absolute Gasteiger partial charge is 0.257 e. The Morgan fingerprint density at radius 1 is 1.25 bits per heavy atom. The lowest BCUT2D eigenvalue weighted by Crippen LogP contribution is -2.52. The summed E-state index contributed by atoms with van der Waals surface area (Å²) >= 11 is 0. The minimum absolute atomic E-state index is 0.00846. The van der Waals surface area contributed by atoms with Crippen molar-refractivity contribution in [3.63, 3.8) is 0 Å². The molecule has 24 heavy (non-hydrogen) atoms. The number of rotatable bonds is 6. The van der Waals surface area contributed by atoms with E-state index < -0.39 is 0 Å². The molecule has 2 aliphatic rings. The van der Waals surface area contributed by atoms with Gasteiger partial charge in [0.05, 0.1) is 18.4 Å². The van der Waals surface area contributed by atoms with E-state index in [-0.39, 0.29) is 11.8 Å². The van der Waals surface area contributed by atoms with E-state index in [1.54, 1.807) is 6.07 Å². The Morgan fingerprint density at radius 3 is 2.50 bits per heavy atom. The maximum atomic E-state index is 12.6. The van der Waals surface area contributed by atoms with Crippen LogP contribution in [0.25, 0.3) is 0 Å². The predicted octanol–water partition coefficient (Wildman–Crippen LogP) is 1.68. The maximum Gasteiger partial charge on any atom is 0.257 e. The Kier molecular flexibility index (Phi) is 5.23. The van der Waals surface area contributed by atoms with Crippen LogP contribution < -0.4 is 0 Å². The van der Waals surface area contributed by atoms with Crippen molar-refractivity contribution >= 4 is 11.8 Å². The lowest BCUT2D eigenvalue weighted by molar-refractivity contribution is -0.133. The third-order valence-electron chi connectivity index (χ3n) is 4.66. The lowest BCUT2D eigenvalue weighted by Gasteiger charge is -2.35. The number of piperazine rings is 1. The molecule has 1 saturated carbocycles. The molecule has 1 aliphatic heterocycles. The van der Waals surface area contributed by atoms with Gasteiger partial charge in [-0.25, -0.2) is 0 Å². The molecular weight excluding hydrogens is 306 g/mol. The van der Waals surface area contributed by atoms with Crippen LogP contribution in [0.5, 0.6) is 0 Å². The Morgan fingerprint density at radius 2 is 1.96 bits per heavy atom. The summed E-state index contributed by atoms with van der Waals surface area (Å²) in [6.07, 6.45) is 5.29. The summed E-state index contributed by atoms with van der Waals surface area (Å²) in [7, 11) is 0. The molecule has 3 rings (SSSR count). The molecular formula is C18H27N3O3. The van der Waals surface area contributed by atoms with Crippen molar-refractivity contribution in [2.24, 2.45) is 5.92 Å². The minimum Gasteiger partial charge on any atom is -0.472 e. The van der Waals surface area contributed by atoms with E-state index in [1.807, 2.05) is 4.90 Å². The van der Waals surface area contributed by atoms with Gasteiger partial charge in [-0.1, -0.05) is 13.8 Å². The van der Waals surface area contributed by atoms with Crippen LogP contribution in [0.3, 0.4) is 0 Å². The van der Waals surface area contributed by atoms with E-state index in [0.717, 1.165) is 32.5 Å². The highest BCUT2D eigenvalue weighted by Crippen LogP contribution is 2.27. The van der Waals surface area contributed by atoms with Crippen molar-refractivity contribution in [2.45, 2.75) is 32.7 Å². The monoisotopic (exact) mass is 333 g/mol. The fourth-order valence-corrected chi connectivity index (χ4v) is 3.19. The first kappa shape index (κ1) is 17.0. The average molecular weight is 333 g/mol. The Bertz CT molecular complexity index is 558. The SMILES string of the molecule is CC(C)CN(C(=O)CN1CCN(C(=O)c2ccoc2)CC1)C1CC1. The fraction of sp³-hybridized carbons (Fsp3) is 0.667. The molecule has 1 saturated heterocycles. The van der Waals surface area contributed by atoms with Crippen molar-refractivity contribution in [3.05, 3.63) is 24.2 Å². The first-order valence-electron chi connectivity index (χ1n) is 8.88. The van der Waals surface area contributed by atoms with Crippen LogP contribution in [0.4, 0.5) is 0 Å². The van der Waals surface area contributed by atoms with E-state index in [4.69, 9.17) is 4.42 Å². The standard InChI is InChI=1S/C18H27N3O3/c1-14(2)11-21(16-3-4-16)17(22)12-19-6-8-20(9-7-19)18(23)15-5-10-24-13-15/h5,10,13-14,16H,3-4,6-9,11-12H2,1-2H3. The van der Waals surface area contributed by atoms with Crippen LogP contribution in [0.15, 0.2) is 23.0 Å². The zero-order valence-electron chi connectivity index (χ0n) is 14.6. The summed E-state index contributed by atoms with van der Waals surface area (Å²) in [6, 6.07) is 2.15. The van der Waals surface area contributed by atoms with Crippen LogP contribution in [0, 0.1) is 5.92 Å². The fourth-order valence-electron chi connectivity index (χ4n) is 3.19. The maximum absolute atomic E-state index is 12.6. The molecule has 0 bridgehead atoms. The summed E-state index contributed by atoms with van der Waals surface area (Å²) in [4.78, 5) is 31.0. The number of hydrogen-bond acceptors (Lipinski definition) is 4. The van der Waals surface area contributed by atoms with Crippen molar-refractivity contribution < 1.29 is 14.0 Å². The predicted molar refractivity (Wildman–Crippen MR) is 90.6 cm³/mol. The van der Waals surface area contributed by atoms with Gasteiger partial charge in [-0.2, -0.15) is 0 Å². The number of carbonyl (C=O) groups is 2. The number of furan rings is 1. The third kappa shape index (κ3) is 4.17. The molecule has 132 valence electrons. The minimum atomic E-state index is 0.00846. The molecule has 0 N–H and O–H groups in total. The Balaban J connectivity index is 1.48. The van der Waals surface area contributed by atoms with Gasteiger partial charge >= 0.3 is 0 Å². The zero-order chi connectivity index (χ0) is 17.1. The molecule has 1 aromatic heterocycles. The normalized spacial score (nSPS) is 18.9. The zero-order valence-corrected chi connectivity index (χ0v) is 14.6. The largest absolute Gasteiger partial charge is 0.472 e. The number of nitrogens with zero attached hydrogens (tertiary/aromatic N) is 3. The van der Waals surface area contributed by atoms with E-state index in [2.05, 4.69) is 23.6 Å². The molecule has 0 unspecified atom stereocenters. The van der Waals surface area contributed by atoms with E-state index in [1.165, 1.54) is 12.5 Å². The summed E-state index contributed by atoms with van der Waals surface area (Å²) in [5.74, 6) is 0.744. The van der Waals surface area contributed by atoms with Gasteiger partial charge in [0, 0.05) is 38.8 Å². The van der Waals surface area contributed by atoms with Crippen LogP contribution in [0.2, 0.25) is 0 Å². The second-order valence-electron chi connectivity index (χ2n) is 7.25. The van der Waals surface area contributed by atoms with E-state index >= 15 is 0 Å². The molecule has 2 amide bonds.